The van der Waals surface area contributed by atoms with E-state index < -0.39 is 35.0 Å². The van der Waals surface area contributed by atoms with Crippen LogP contribution < -0.4 is 18.9 Å². The van der Waals surface area contributed by atoms with Gasteiger partial charge in [-0.1, -0.05) is 26.2 Å². The van der Waals surface area contributed by atoms with Crippen molar-refractivity contribution in [1.29, 1.82) is 0 Å². The van der Waals surface area contributed by atoms with Gasteiger partial charge in [-0.2, -0.15) is 20.8 Å². The van der Waals surface area contributed by atoms with Gasteiger partial charge in [-0.25, -0.2) is 33.5 Å². The number of esters is 1. The molecule has 1 saturated heterocycles. The van der Waals surface area contributed by atoms with Crippen LogP contribution in [0.4, 0.5) is 9.59 Å². The summed E-state index contributed by atoms with van der Waals surface area (Å²) in [5.74, 6) is 3.68. The van der Waals surface area contributed by atoms with Crippen LogP contribution in [0.15, 0.2) is 93.2 Å². The van der Waals surface area contributed by atoms with Crippen molar-refractivity contribution in [3.63, 3.8) is 0 Å². The van der Waals surface area contributed by atoms with E-state index in [0.717, 1.165) is 64.6 Å². The first-order valence-corrected chi connectivity index (χ1v) is 31.3. The summed E-state index contributed by atoms with van der Waals surface area (Å²) in [6.45, 7) is 33.6. The average Bonchev–Trinajstić information content (AvgIpc) is 1.69. The SMILES string of the molecule is CC1CCCO1.COC(=O)c1cc(-c2c(C)noc2C)cc2c1nc(C1CC1)n2C(=O)OC(C)(C)C.C[C-](C)C.Cc1cnccc1Br.Cc1cnccc1C(O)(c1ccncc1C)c1cc(-c2c(C)noc2C)cc2c1nc(C1CC1)n2C(=O)OC(C)(C)C.[Li+]. The molecule has 7 aromatic heterocycles. The maximum atomic E-state index is 13.8. The monoisotopic (exact) mass is 1300 g/mol. The van der Waals surface area contributed by atoms with Crippen LogP contribution >= 0.6 is 15.9 Å². The largest absolute Gasteiger partial charge is 1.00 e. The van der Waals surface area contributed by atoms with Crippen molar-refractivity contribution in [3.8, 4) is 22.3 Å². The zero-order valence-electron chi connectivity index (χ0n) is 56.2. The van der Waals surface area contributed by atoms with Crippen LogP contribution in [0.5, 0.6) is 0 Å². The minimum Gasteiger partial charge on any atom is -0.465 e. The van der Waals surface area contributed by atoms with Crippen molar-refractivity contribution in [3.05, 3.63) is 164 Å². The molecule has 1 atom stereocenters. The van der Waals surface area contributed by atoms with Crippen LogP contribution in [-0.2, 0) is 24.5 Å². The number of imidazole rings is 2. The summed E-state index contributed by atoms with van der Waals surface area (Å²) in [5.41, 5.74) is 8.27. The van der Waals surface area contributed by atoms with Gasteiger partial charge in [-0.15, -0.1) is 0 Å². The van der Waals surface area contributed by atoms with Crippen molar-refractivity contribution in [2.45, 2.75) is 191 Å². The number of aliphatic hydroxyl groups is 1. The van der Waals surface area contributed by atoms with Gasteiger partial charge in [0.2, 0.25) is 0 Å². The first-order chi connectivity index (χ1) is 42.4. The molecule has 2 aliphatic carbocycles. The van der Waals surface area contributed by atoms with Gasteiger partial charge in [0.25, 0.3) is 0 Å². The number of halogens is 1. The third-order valence-corrected chi connectivity index (χ3v) is 15.9. The van der Waals surface area contributed by atoms with E-state index >= 15 is 0 Å². The molecule has 19 nitrogen and oxygen atoms in total. The second-order valence-corrected chi connectivity index (χ2v) is 26.7. The first kappa shape index (κ1) is 71.1. The zero-order valence-corrected chi connectivity index (χ0v) is 57.8. The average molecular weight is 1300 g/mol. The predicted molar refractivity (Wildman–Crippen MR) is 350 cm³/mol. The van der Waals surface area contributed by atoms with Crippen molar-refractivity contribution < 1.29 is 66.3 Å². The second-order valence-electron chi connectivity index (χ2n) is 25.8. The maximum absolute atomic E-state index is 13.8. The Morgan fingerprint density at radius 1 is 0.626 bits per heavy atom. The minimum absolute atomic E-state index is 0. The number of hydrogen-bond donors (Lipinski definition) is 1. The number of nitrogens with zero attached hydrogens (tertiary/aromatic N) is 9. The normalized spacial score (nSPS) is 14.6. The predicted octanol–water partition coefficient (Wildman–Crippen LogP) is 13.4. The van der Waals surface area contributed by atoms with E-state index in [0.29, 0.717) is 85.0 Å². The molecular weight excluding hydrogens is 1210 g/mol. The van der Waals surface area contributed by atoms with E-state index in [2.05, 4.69) is 73.9 Å². The van der Waals surface area contributed by atoms with Gasteiger partial charge in [-0.3, -0.25) is 15.0 Å². The molecule has 1 aliphatic heterocycles. The number of carbonyl (C=O) groups is 3. The third-order valence-electron chi connectivity index (χ3n) is 15.0. The van der Waals surface area contributed by atoms with Crippen LogP contribution in [0.1, 0.15) is 198 Å². The Morgan fingerprint density at radius 3 is 1.40 bits per heavy atom. The number of fused-ring (bicyclic) bond motifs is 2. The number of hydrogen-bond acceptors (Lipinski definition) is 17. The molecule has 2 aromatic carbocycles. The topological polar surface area (TPSA) is 235 Å². The van der Waals surface area contributed by atoms with E-state index in [1.165, 1.54) is 36.0 Å². The Kier molecular flexibility index (Phi) is 23.1. The fourth-order valence-electron chi connectivity index (χ4n) is 10.6. The van der Waals surface area contributed by atoms with Gasteiger partial charge in [0.05, 0.1) is 46.7 Å². The summed E-state index contributed by atoms with van der Waals surface area (Å²) >= 11 is 3.36. The Balaban J connectivity index is 0.000000206. The van der Waals surface area contributed by atoms with Gasteiger partial charge in [0.15, 0.2) is 0 Å². The van der Waals surface area contributed by atoms with Crippen molar-refractivity contribution in [2.75, 3.05) is 13.7 Å². The van der Waals surface area contributed by atoms with E-state index in [9.17, 15) is 19.5 Å². The number of benzene rings is 2. The van der Waals surface area contributed by atoms with E-state index in [1.54, 1.807) is 48.5 Å². The van der Waals surface area contributed by atoms with Crippen LogP contribution in [0.3, 0.4) is 0 Å². The van der Waals surface area contributed by atoms with Crippen LogP contribution in [-0.4, -0.2) is 98.7 Å². The molecule has 478 valence electrons. The van der Waals surface area contributed by atoms with Crippen molar-refractivity contribution in [1.82, 2.24) is 44.4 Å². The van der Waals surface area contributed by atoms with E-state index in [-0.39, 0.29) is 36.3 Å². The molecule has 12 rings (SSSR count). The molecule has 3 fully saturated rings. The number of carbonyl (C=O) groups excluding carboxylic acids is 3. The van der Waals surface area contributed by atoms with Gasteiger partial charge in [0.1, 0.15) is 45.5 Å². The van der Waals surface area contributed by atoms with Crippen molar-refractivity contribution >= 4 is 56.2 Å². The fourth-order valence-corrected chi connectivity index (χ4v) is 10.8. The first-order valence-electron chi connectivity index (χ1n) is 30.5. The van der Waals surface area contributed by atoms with Crippen LogP contribution in [0, 0.1) is 54.4 Å². The second kappa shape index (κ2) is 29.5. The molecule has 2 saturated carbocycles. The molecule has 1 unspecified atom stereocenters. The smallest absolute Gasteiger partial charge is 0.465 e. The summed E-state index contributed by atoms with van der Waals surface area (Å²) in [6, 6.07) is 13.0. The summed E-state index contributed by atoms with van der Waals surface area (Å²) in [4.78, 5) is 61.8. The Bertz CT molecular complexity index is 3940. The zero-order chi connectivity index (χ0) is 65.7. The molecule has 8 heterocycles. The standard InChI is InChI=1S/C33H35N5O4.C22H25N3O5.C6H6BrN.C5H10O.C4H9.Li/c1-18-16-34-12-10-24(18)33(40,25-11-13-35-17-19(25)2)26-14-23(28-20(3)37-42-21(28)4)15-27-29(26)36-30(22-8-9-22)38(27)31(39)41-32(5,6)7;1-11-17(12(2)30-24-11)14-9-15(20(26)28-6)18-16(10-14)25(19(23-18)13-7-8-13)21(27)29-22(3,4)5;1-5-4-8-3-2-6(5)7;1-5-3-2-4-6-5;1-4(2)3;/h10-17,22,40H,8-9H2,1-7H3;9-10,13H,7-8H2,1-6H3;2-4H,1H3;5H,2-4H2,1H3;1-3H3;/q;;;;-1;+1. The molecule has 0 bridgehead atoms. The van der Waals surface area contributed by atoms with Gasteiger partial charge < -0.3 is 39.0 Å². The van der Waals surface area contributed by atoms with Gasteiger partial charge >= 0.3 is 37.0 Å². The summed E-state index contributed by atoms with van der Waals surface area (Å²) in [7, 11) is 1.32. The molecule has 3 aliphatic rings. The molecule has 0 spiro atoms. The molecule has 0 radical (unpaired) electrons. The van der Waals surface area contributed by atoms with E-state index in [4.69, 9.17) is 33.0 Å². The molecule has 91 heavy (non-hydrogen) atoms. The minimum atomic E-state index is -1.67. The molecule has 21 heteroatoms. The van der Waals surface area contributed by atoms with E-state index in [1.807, 2.05) is 126 Å². The summed E-state index contributed by atoms with van der Waals surface area (Å²) < 4.78 is 36.7. The number of aryl methyl sites for hydroxylation is 7. The molecule has 9 aromatic rings. The quantitative estimate of drug-likeness (QED) is 0.0644. The van der Waals surface area contributed by atoms with Gasteiger partial charge in [-0.05, 0) is 217 Å². The number of rotatable bonds is 8. The Morgan fingerprint density at radius 2 is 1.05 bits per heavy atom. The third kappa shape index (κ3) is 16.8. The number of aromatic nitrogens is 9. The van der Waals surface area contributed by atoms with Crippen LogP contribution in [0.2, 0.25) is 0 Å². The Labute approximate surface area is 554 Å². The molecule has 1 N–H and O–H groups in total. The molecular formula is C70H85BrLiN9O10. The molecule has 0 amide bonds. The number of pyridine rings is 3. The van der Waals surface area contributed by atoms with Crippen LogP contribution in [0.25, 0.3) is 44.3 Å². The van der Waals surface area contributed by atoms with Crippen molar-refractivity contribution in [2.24, 2.45) is 0 Å². The summed E-state index contributed by atoms with van der Waals surface area (Å²) in [6.07, 6.45) is 16.2. The Hall–Kier alpha value is -7.34. The summed E-state index contributed by atoms with van der Waals surface area (Å²) in [5, 5.41) is 21.4. The fraction of sp³-hybridized carbons (Fsp3) is 0.443. The number of methoxy groups -OCH3 is 1. The number of ether oxygens (including phenoxy) is 4. The maximum Gasteiger partial charge on any atom is 1.00 e. The van der Waals surface area contributed by atoms with Gasteiger partial charge in [0, 0.05) is 76.8 Å².